The van der Waals surface area contributed by atoms with Gasteiger partial charge in [0.2, 0.25) is 5.79 Å². The molecule has 0 aromatic carbocycles. The SMILES string of the molecule is C=CCC1/C=C(/C)CC(C)CC(OC)C2OC(O)(C(=O)C(=O)N3CCCCC3C(=O)OC(/C(C)=C/C3CCC(OC)C(OC)C3)C(C)C(O)CC1=O)C(C)CC2OC. The smallest absolute Gasteiger partial charge is 0.329 e. The number of amides is 1. The summed E-state index contributed by atoms with van der Waals surface area (Å²) in [6, 6.07) is -1.13. The highest BCUT2D eigenvalue weighted by atomic mass is 16.7. The first kappa shape index (κ1) is 47.9. The molecule has 0 aromatic rings. The van der Waals surface area contributed by atoms with Crippen LogP contribution in [-0.4, -0.2) is 128 Å². The monoisotopic (exact) mass is 817 g/mol. The molecule has 2 N–H and O–H groups in total. The molecule has 3 aliphatic heterocycles. The van der Waals surface area contributed by atoms with E-state index in [0.29, 0.717) is 44.1 Å². The van der Waals surface area contributed by atoms with Crippen molar-refractivity contribution in [2.45, 2.75) is 160 Å². The highest BCUT2D eigenvalue weighted by molar-refractivity contribution is 6.39. The number of hydrogen-bond donors (Lipinski definition) is 2. The largest absolute Gasteiger partial charge is 0.456 e. The van der Waals surface area contributed by atoms with E-state index in [-0.39, 0.29) is 55.6 Å². The summed E-state index contributed by atoms with van der Waals surface area (Å²) >= 11 is 0. The molecule has 0 spiro atoms. The number of esters is 1. The van der Waals surface area contributed by atoms with E-state index in [0.717, 1.165) is 18.4 Å². The van der Waals surface area contributed by atoms with Crippen LogP contribution in [0.5, 0.6) is 0 Å². The predicted molar refractivity (Wildman–Crippen MR) is 217 cm³/mol. The number of carbonyl (C=O) groups is 4. The number of hydrogen-bond acceptors (Lipinski definition) is 12. The number of methoxy groups -OCH3 is 4. The Kier molecular flexibility index (Phi) is 17.9. The van der Waals surface area contributed by atoms with E-state index in [1.807, 2.05) is 26.8 Å². The van der Waals surface area contributed by atoms with Crippen molar-refractivity contribution in [3.8, 4) is 0 Å². The number of cyclic esters (lactones) is 1. The van der Waals surface area contributed by atoms with Crippen molar-refractivity contribution >= 4 is 23.4 Å². The zero-order valence-corrected chi connectivity index (χ0v) is 36.4. The first-order valence-electron chi connectivity index (χ1n) is 21.3. The van der Waals surface area contributed by atoms with Crippen LogP contribution in [0.3, 0.4) is 0 Å². The number of aliphatic hydroxyl groups excluding tert-OH is 1. The number of aliphatic hydroxyl groups is 2. The van der Waals surface area contributed by atoms with Gasteiger partial charge in [-0.1, -0.05) is 44.6 Å². The fourth-order valence-corrected chi connectivity index (χ4v) is 9.68. The summed E-state index contributed by atoms with van der Waals surface area (Å²) < 4.78 is 35.7. The van der Waals surface area contributed by atoms with Gasteiger partial charge in [-0.15, -0.1) is 6.58 Å². The fraction of sp³-hybridized carbons (Fsp3) is 0.778. The maximum atomic E-state index is 14.4. The van der Waals surface area contributed by atoms with Crippen molar-refractivity contribution in [2.75, 3.05) is 35.0 Å². The predicted octanol–water partition coefficient (Wildman–Crippen LogP) is 5.29. The van der Waals surface area contributed by atoms with Crippen LogP contribution in [0.2, 0.25) is 0 Å². The first-order chi connectivity index (χ1) is 27.5. The molecule has 3 fully saturated rings. The van der Waals surface area contributed by atoms with E-state index < -0.39 is 77.8 Å². The highest BCUT2D eigenvalue weighted by Crippen LogP contribution is 2.39. The Balaban J connectivity index is 1.78. The second-order valence-corrected chi connectivity index (χ2v) is 17.5. The van der Waals surface area contributed by atoms with E-state index >= 15 is 0 Å². The molecule has 13 nitrogen and oxygen atoms in total. The van der Waals surface area contributed by atoms with Crippen molar-refractivity contribution in [3.63, 3.8) is 0 Å². The molecule has 4 rings (SSSR count). The van der Waals surface area contributed by atoms with Gasteiger partial charge in [0.25, 0.3) is 11.7 Å². The number of carbonyl (C=O) groups excluding carboxylic acids is 4. The molecule has 58 heavy (non-hydrogen) atoms. The van der Waals surface area contributed by atoms with Crippen LogP contribution in [0.25, 0.3) is 0 Å². The van der Waals surface area contributed by atoms with Gasteiger partial charge in [-0.25, -0.2) is 4.79 Å². The number of ketones is 2. The van der Waals surface area contributed by atoms with E-state index in [9.17, 15) is 29.4 Å². The summed E-state index contributed by atoms with van der Waals surface area (Å²) in [4.78, 5) is 58.0. The topological polar surface area (TPSA) is 167 Å². The highest BCUT2D eigenvalue weighted by Gasteiger charge is 2.56. The summed E-state index contributed by atoms with van der Waals surface area (Å²) in [5.41, 5.74) is 1.67. The Morgan fingerprint density at radius 2 is 1.57 bits per heavy atom. The lowest BCUT2D eigenvalue weighted by molar-refractivity contribution is -0.302. The summed E-state index contributed by atoms with van der Waals surface area (Å²) in [7, 11) is 6.40. The Morgan fingerprint density at radius 1 is 0.914 bits per heavy atom. The Labute approximate surface area is 345 Å². The van der Waals surface area contributed by atoms with Gasteiger partial charge in [-0.3, -0.25) is 14.4 Å². The number of Topliss-reactive ketones (excluding diaryl/α,β-unsaturated/α-hetero) is 2. The maximum absolute atomic E-state index is 14.4. The van der Waals surface area contributed by atoms with Crippen molar-refractivity contribution in [1.82, 2.24) is 4.90 Å². The fourth-order valence-electron chi connectivity index (χ4n) is 9.68. The molecule has 14 unspecified atom stereocenters. The summed E-state index contributed by atoms with van der Waals surface area (Å²) in [5, 5.41) is 23.8. The Hall–Kier alpha value is -2.78. The molecular formula is C45H71NO12. The minimum atomic E-state index is -2.50. The van der Waals surface area contributed by atoms with E-state index in [4.69, 9.17) is 28.4 Å². The molecule has 328 valence electrons. The number of ether oxygens (including phenoxy) is 6. The van der Waals surface area contributed by atoms with Gasteiger partial charge >= 0.3 is 5.97 Å². The molecule has 2 bridgehead atoms. The third kappa shape index (κ3) is 11.3. The zero-order valence-electron chi connectivity index (χ0n) is 36.4. The van der Waals surface area contributed by atoms with E-state index in [1.165, 1.54) is 19.1 Å². The lowest BCUT2D eigenvalue weighted by Gasteiger charge is -2.47. The quantitative estimate of drug-likeness (QED) is 0.185. The molecule has 13 heteroatoms. The average molecular weight is 818 g/mol. The van der Waals surface area contributed by atoms with Gasteiger partial charge in [0.15, 0.2) is 0 Å². The molecule has 14 atom stereocenters. The summed E-state index contributed by atoms with van der Waals surface area (Å²) in [6.45, 7) is 13.2. The lowest BCUT2D eigenvalue weighted by atomic mass is 9.81. The van der Waals surface area contributed by atoms with Crippen LogP contribution in [0, 0.1) is 29.6 Å². The van der Waals surface area contributed by atoms with Gasteiger partial charge in [-0.05, 0) is 95.5 Å². The van der Waals surface area contributed by atoms with Crippen LogP contribution >= 0.6 is 0 Å². The molecule has 4 aliphatic rings. The maximum Gasteiger partial charge on any atom is 0.329 e. The molecule has 0 radical (unpaired) electrons. The normalized spacial score (nSPS) is 40.5. The second kappa shape index (κ2) is 21.7. The first-order valence-corrected chi connectivity index (χ1v) is 21.3. The van der Waals surface area contributed by atoms with Gasteiger partial charge in [-0.2, -0.15) is 0 Å². The van der Waals surface area contributed by atoms with E-state index in [1.54, 1.807) is 34.1 Å². The standard InChI is InChI=1S/C45H71NO12/c1-11-14-32-20-26(2)19-27(3)21-38(55-9)41-39(56-10)23-29(5)45(52,58-41)42(49)43(50)46-18-13-12-15-33(46)44(51)57-40(30(6)34(47)25-35(32)48)28(4)22-31-16-17-36(53-7)37(24-31)54-8/h11,20,22,27,29-34,36-41,47,52H,1,12-19,21,23-25H2,2-10H3/b26-20-,28-22+. The van der Waals surface area contributed by atoms with Gasteiger partial charge in [0.05, 0.1) is 30.5 Å². The van der Waals surface area contributed by atoms with Crippen molar-refractivity contribution in [2.24, 2.45) is 29.6 Å². The third-order valence-electron chi connectivity index (χ3n) is 13.2. The Morgan fingerprint density at radius 3 is 2.21 bits per heavy atom. The third-order valence-corrected chi connectivity index (χ3v) is 13.2. The molecule has 3 heterocycles. The number of allylic oxidation sites excluding steroid dienone is 4. The second-order valence-electron chi connectivity index (χ2n) is 17.5. The zero-order chi connectivity index (χ0) is 42.9. The van der Waals surface area contributed by atoms with Crippen molar-refractivity contribution in [3.05, 3.63) is 36.0 Å². The van der Waals surface area contributed by atoms with Crippen molar-refractivity contribution < 1.29 is 57.8 Å². The molecule has 1 amide bonds. The molecule has 1 aliphatic carbocycles. The van der Waals surface area contributed by atoms with E-state index in [2.05, 4.69) is 12.7 Å². The van der Waals surface area contributed by atoms with Gasteiger partial charge in [0.1, 0.15) is 24.0 Å². The lowest BCUT2D eigenvalue weighted by Crippen LogP contribution is -2.64. The summed E-state index contributed by atoms with van der Waals surface area (Å²) in [5.74, 6) is -7.56. The number of rotatable bonds is 8. The van der Waals surface area contributed by atoms with Crippen LogP contribution < -0.4 is 0 Å². The van der Waals surface area contributed by atoms with Crippen LogP contribution in [0.4, 0.5) is 0 Å². The molecule has 1 saturated carbocycles. The minimum absolute atomic E-state index is 0.0165. The van der Waals surface area contributed by atoms with Crippen LogP contribution in [0.1, 0.15) is 105 Å². The minimum Gasteiger partial charge on any atom is -0.456 e. The van der Waals surface area contributed by atoms with Gasteiger partial charge in [0, 0.05) is 59.2 Å². The molecular weight excluding hydrogens is 746 g/mol. The Bertz CT molecular complexity index is 1500. The van der Waals surface area contributed by atoms with Crippen LogP contribution in [-0.2, 0) is 47.6 Å². The molecule has 0 aromatic heterocycles. The average Bonchev–Trinajstić information content (AvgIpc) is 3.21. The van der Waals surface area contributed by atoms with Crippen molar-refractivity contribution in [1.29, 1.82) is 0 Å². The number of nitrogens with zero attached hydrogens (tertiary/aromatic N) is 1. The summed E-state index contributed by atoms with van der Waals surface area (Å²) in [6.07, 6.45) is 6.48. The molecule has 2 saturated heterocycles. The number of fused-ring (bicyclic) bond motifs is 3. The van der Waals surface area contributed by atoms with Crippen LogP contribution in [0.15, 0.2) is 36.0 Å². The number of piperidine rings is 1. The van der Waals surface area contributed by atoms with Gasteiger partial charge < -0.3 is 43.5 Å².